The third-order valence-corrected chi connectivity index (χ3v) is 2.65. The smallest absolute Gasteiger partial charge is 0.195 e. The predicted molar refractivity (Wildman–Crippen MR) is 77.2 cm³/mol. The largest absolute Gasteiger partial charge is 0.490 e. The topological polar surface area (TPSA) is 54.9 Å². The molecule has 0 aromatic heterocycles. The molecule has 0 saturated carbocycles. The Hall–Kier alpha value is -2.17. The molecule has 0 amide bonds. The van der Waals surface area contributed by atoms with Gasteiger partial charge in [-0.1, -0.05) is 6.08 Å². The van der Waals surface area contributed by atoms with Crippen molar-refractivity contribution in [2.24, 2.45) is 4.99 Å². The average Bonchev–Trinajstić information content (AvgIpc) is 2.68. The zero-order valence-corrected chi connectivity index (χ0v) is 11.1. The summed E-state index contributed by atoms with van der Waals surface area (Å²) in [6.45, 7) is 5.69. The van der Waals surface area contributed by atoms with Crippen LogP contribution in [0.25, 0.3) is 0 Å². The van der Waals surface area contributed by atoms with E-state index in [1.165, 1.54) is 0 Å². The van der Waals surface area contributed by atoms with Gasteiger partial charge in [0.05, 0.1) is 13.2 Å². The zero-order chi connectivity index (χ0) is 13.5. The lowest BCUT2D eigenvalue weighted by atomic mass is 10.3. The minimum Gasteiger partial charge on any atom is -0.490 e. The molecule has 2 N–H and O–H groups in total. The molecule has 1 aliphatic heterocycles. The van der Waals surface area contributed by atoms with Crippen LogP contribution in [0, 0.1) is 0 Å². The predicted octanol–water partition coefficient (Wildman–Crippen LogP) is 2.02. The summed E-state index contributed by atoms with van der Waals surface area (Å²) in [6.07, 6.45) is 2.68. The second kappa shape index (κ2) is 6.68. The Morgan fingerprint density at radius 1 is 1.37 bits per heavy atom. The first-order valence-corrected chi connectivity index (χ1v) is 6.31. The van der Waals surface area contributed by atoms with E-state index in [0.29, 0.717) is 25.7 Å². The summed E-state index contributed by atoms with van der Waals surface area (Å²) in [5, 5.41) is 6.30. The number of guanidine groups is 1. The number of ether oxygens (including phenoxy) is 2. The monoisotopic (exact) mass is 261 g/mol. The number of aliphatic imine (C=N–C) groups is 1. The van der Waals surface area contributed by atoms with Gasteiger partial charge in [-0.05, 0) is 12.1 Å². The molecule has 0 unspecified atom stereocenters. The fourth-order valence-corrected chi connectivity index (χ4v) is 1.73. The minimum atomic E-state index is 0.657. The molecule has 0 saturated heterocycles. The summed E-state index contributed by atoms with van der Waals surface area (Å²) < 4.78 is 11.2. The summed E-state index contributed by atoms with van der Waals surface area (Å²) >= 11 is 0. The van der Waals surface area contributed by atoms with E-state index in [0.717, 1.165) is 23.6 Å². The van der Waals surface area contributed by atoms with Gasteiger partial charge in [0, 0.05) is 31.8 Å². The van der Waals surface area contributed by atoms with Crippen molar-refractivity contribution in [3.63, 3.8) is 0 Å². The van der Waals surface area contributed by atoms with E-state index < -0.39 is 0 Å². The summed E-state index contributed by atoms with van der Waals surface area (Å²) in [5.74, 6) is 2.24. The quantitative estimate of drug-likeness (QED) is 0.496. The fourth-order valence-electron chi connectivity index (χ4n) is 1.73. The van der Waals surface area contributed by atoms with Gasteiger partial charge in [-0.15, -0.1) is 6.58 Å². The van der Waals surface area contributed by atoms with Crippen molar-refractivity contribution in [2.75, 3.05) is 32.1 Å². The first-order valence-electron chi connectivity index (χ1n) is 6.31. The molecule has 5 nitrogen and oxygen atoms in total. The Bertz CT molecular complexity index is 472. The molecule has 5 heteroatoms. The highest BCUT2D eigenvalue weighted by atomic mass is 16.5. The number of hydrogen-bond donors (Lipinski definition) is 2. The van der Waals surface area contributed by atoms with Crippen molar-refractivity contribution >= 4 is 11.6 Å². The molecule has 0 spiro atoms. The van der Waals surface area contributed by atoms with Crippen molar-refractivity contribution in [1.82, 2.24) is 5.32 Å². The van der Waals surface area contributed by atoms with Crippen molar-refractivity contribution in [2.45, 2.75) is 6.42 Å². The van der Waals surface area contributed by atoms with Crippen molar-refractivity contribution in [3.8, 4) is 11.5 Å². The molecule has 102 valence electrons. The van der Waals surface area contributed by atoms with Crippen LogP contribution >= 0.6 is 0 Å². The van der Waals surface area contributed by atoms with Crippen LogP contribution in [-0.4, -0.2) is 32.8 Å². The maximum Gasteiger partial charge on any atom is 0.195 e. The second-order valence-corrected chi connectivity index (χ2v) is 4.08. The van der Waals surface area contributed by atoms with Crippen molar-refractivity contribution < 1.29 is 9.47 Å². The van der Waals surface area contributed by atoms with Crippen LogP contribution in [0.1, 0.15) is 6.42 Å². The Labute approximate surface area is 113 Å². The maximum absolute atomic E-state index is 5.64. The molecule has 0 bridgehead atoms. The van der Waals surface area contributed by atoms with E-state index in [2.05, 4.69) is 22.2 Å². The first kappa shape index (κ1) is 13.3. The fraction of sp³-hybridized carbons (Fsp3) is 0.357. The number of rotatable bonds is 3. The summed E-state index contributed by atoms with van der Waals surface area (Å²) in [7, 11) is 1.72. The van der Waals surface area contributed by atoms with E-state index >= 15 is 0 Å². The number of benzene rings is 1. The number of nitrogens with zero attached hydrogens (tertiary/aromatic N) is 1. The van der Waals surface area contributed by atoms with Crippen molar-refractivity contribution in [3.05, 3.63) is 30.9 Å². The summed E-state index contributed by atoms with van der Waals surface area (Å²) in [4.78, 5) is 4.13. The van der Waals surface area contributed by atoms with Gasteiger partial charge in [0.1, 0.15) is 0 Å². The van der Waals surface area contributed by atoms with E-state index in [1.807, 2.05) is 18.2 Å². The lowest BCUT2D eigenvalue weighted by Gasteiger charge is -2.13. The maximum atomic E-state index is 5.64. The van der Waals surface area contributed by atoms with Gasteiger partial charge in [0.15, 0.2) is 17.5 Å². The molecular formula is C14H19N3O2. The lowest BCUT2D eigenvalue weighted by Crippen LogP contribution is -2.30. The number of anilines is 1. The highest BCUT2D eigenvalue weighted by Crippen LogP contribution is 2.32. The summed E-state index contributed by atoms with van der Waals surface area (Å²) in [6, 6.07) is 5.76. The van der Waals surface area contributed by atoms with E-state index in [9.17, 15) is 0 Å². The van der Waals surface area contributed by atoms with Gasteiger partial charge in [-0.25, -0.2) is 0 Å². The molecule has 1 aliphatic rings. The van der Waals surface area contributed by atoms with Crippen LogP contribution in [0.15, 0.2) is 35.8 Å². The van der Waals surface area contributed by atoms with Gasteiger partial charge >= 0.3 is 0 Å². The third kappa shape index (κ3) is 3.64. The molecule has 1 heterocycles. The van der Waals surface area contributed by atoms with Crippen molar-refractivity contribution in [1.29, 1.82) is 0 Å². The average molecular weight is 261 g/mol. The zero-order valence-electron chi connectivity index (χ0n) is 11.1. The standard InChI is InChI=1S/C14H19N3O2/c1-3-7-16-14(15-2)17-11-5-6-12-13(10-11)19-9-4-8-18-12/h3,5-6,10H,1,4,7-9H2,2H3,(H2,15,16,17). The Balaban J connectivity index is 2.08. The molecule has 0 radical (unpaired) electrons. The first-order chi connectivity index (χ1) is 9.33. The van der Waals surface area contributed by atoms with Crippen LogP contribution in [0.5, 0.6) is 11.5 Å². The van der Waals surface area contributed by atoms with E-state index in [4.69, 9.17) is 9.47 Å². The highest BCUT2D eigenvalue weighted by Gasteiger charge is 2.11. The van der Waals surface area contributed by atoms with Gasteiger partial charge < -0.3 is 20.1 Å². The van der Waals surface area contributed by atoms with Crippen LogP contribution in [0.4, 0.5) is 5.69 Å². The van der Waals surface area contributed by atoms with Gasteiger partial charge in [0.2, 0.25) is 0 Å². The third-order valence-electron chi connectivity index (χ3n) is 2.65. The molecule has 0 aliphatic carbocycles. The highest BCUT2D eigenvalue weighted by molar-refractivity contribution is 5.93. The lowest BCUT2D eigenvalue weighted by molar-refractivity contribution is 0.297. The molecule has 1 aromatic rings. The van der Waals surface area contributed by atoms with Gasteiger partial charge in [0.25, 0.3) is 0 Å². The molecule has 1 aromatic carbocycles. The van der Waals surface area contributed by atoms with Gasteiger partial charge in [-0.3, -0.25) is 4.99 Å². The number of nitrogens with one attached hydrogen (secondary N) is 2. The molecule has 2 rings (SSSR count). The van der Waals surface area contributed by atoms with Gasteiger partial charge in [-0.2, -0.15) is 0 Å². The Morgan fingerprint density at radius 2 is 2.16 bits per heavy atom. The molecule has 0 atom stereocenters. The second-order valence-electron chi connectivity index (χ2n) is 4.08. The normalized spacial score (nSPS) is 14.5. The van der Waals surface area contributed by atoms with Crippen LogP contribution < -0.4 is 20.1 Å². The van der Waals surface area contributed by atoms with Crippen LogP contribution in [0.3, 0.4) is 0 Å². The number of hydrogen-bond acceptors (Lipinski definition) is 3. The molecular weight excluding hydrogens is 242 g/mol. The Kier molecular flexibility index (Phi) is 4.66. The van der Waals surface area contributed by atoms with Crippen LogP contribution in [0.2, 0.25) is 0 Å². The van der Waals surface area contributed by atoms with E-state index in [-0.39, 0.29) is 0 Å². The summed E-state index contributed by atoms with van der Waals surface area (Å²) in [5.41, 5.74) is 0.904. The molecule has 19 heavy (non-hydrogen) atoms. The minimum absolute atomic E-state index is 0.657. The SMILES string of the molecule is C=CCNC(=NC)Nc1ccc2c(c1)OCCCO2. The Morgan fingerprint density at radius 3 is 2.89 bits per heavy atom. The molecule has 0 fully saturated rings. The van der Waals surface area contributed by atoms with E-state index in [1.54, 1.807) is 13.1 Å². The van der Waals surface area contributed by atoms with Crippen LogP contribution in [-0.2, 0) is 0 Å². The number of fused-ring (bicyclic) bond motifs is 1.